The van der Waals surface area contributed by atoms with Crippen molar-refractivity contribution in [2.75, 3.05) is 12.8 Å². The maximum Gasteiger partial charge on any atom is 0.180 e. The number of aromatic nitrogens is 3. The van der Waals surface area contributed by atoms with Crippen LogP contribution in [0.15, 0.2) is 42.7 Å². The van der Waals surface area contributed by atoms with Gasteiger partial charge in [0.1, 0.15) is 11.4 Å². The molecule has 3 rings (SSSR count). The van der Waals surface area contributed by atoms with Crippen molar-refractivity contribution in [1.82, 2.24) is 14.7 Å². The molecule has 0 saturated carbocycles. The van der Waals surface area contributed by atoms with Crippen LogP contribution < -0.4 is 10.5 Å². The second-order valence-corrected chi connectivity index (χ2v) is 4.88. The molecule has 3 N–H and O–H groups in total. The predicted molar refractivity (Wildman–Crippen MR) is 83.8 cm³/mol. The molecule has 0 bridgehead atoms. The zero-order valence-corrected chi connectivity index (χ0v) is 12.3. The maximum absolute atomic E-state index is 10.5. The number of benzene rings is 1. The van der Waals surface area contributed by atoms with E-state index in [1.54, 1.807) is 37.7 Å². The van der Waals surface area contributed by atoms with Gasteiger partial charge >= 0.3 is 0 Å². The molecule has 2 heterocycles. The maximum atomic E-state index is 10.5. The summed E-state index contributed by atoms with van der Waals surface area (Å²) in [5, 5.41) is 10.5. The van der Waals surface area contributed by atoms with Crippen LogP contribution >= 0.6 is 0 Å². The second kappa shape index (κ2) is 5.40. The van der Waals surface area contributed by atoms with Crippen molar-refractivity contribution in [3.63, 3.8) is 0 Å². The lowest BCUT2D eigenvalue weighted by Gasteiger charge is -2.09. The van der Waals surface area contributed by atoms with E-state index in [-0.39, 0.29) is 0 Å². The van der Waals surface area contributed by atoms with Gasteiger partial charge < -0.3 is 15.7 Å². The van der Waals surface area contributed by atoms with Crippen LogP contribution in [0.25, 0.3) is 22.6 Å². The fourth-order valence-electron chi connectivity index (χ4n) is 2.42. The molecule has 22 heavy (non-hydrogen) atoms. The van der Waals surface area contributed by atoms with E-state index in [9.17, 15) is 5.21 Å². The highest BCUT2D eigenvalue weighted by molar-refractivity contribution is 5.72. The standard InChI is InChI=1S/C16H16N4O2/c1-10-15(11-4-3-7-18-9-11)20(21)16(19-10)13-6-5-12(17)8-14(13)22-2/h3-9,21H,17H2,1-2H3. The van der Waals surface area contributed by atoms with E-state index in [0.717, 1.165) is 10.3 Å². The van der Waals surface area contributed by atoms with Crippen LogP contribution in [0.3, 0.4) is 0 Å². The number of pyridine rings is 1. The van der Waals surface area contributed by atoms with Gasteiger partial charge in [0.05, 0.1) is 18.4 Å². The molecular formula is C16H16N4O2. The van der Waals surface area contributed by atoms with Crippen molar-refractivity contribution in [1.29, 1.82) is 0 Å². The van der Waals surface area contributed by atoms with Crippen LogP contribution in [0.1, 0.15) is 5.69 Å². The van der Waals surface area contributed by atoms with Crippen molar-refractivity contribution in [3.8, 4) is 28.4 Å². The van der Waals surface area contributed by atoms with Crippen molar-refractivity contribution in [3.05, 3.63) is 48.4 Å². The number of hydrogen-bond donors (Lipinski definition) is 2. The molecule has 112 valence electrons. The first-order chi connectivity index (χ1) is 10.6. The number of nitrogens with zero attached hydrogens (tertiary/aromatic N) is 3. The summed E-state index contributed by atoms with van der Waals surface area (Å²) in [5.41, 5.74) is 9.10. The molecule has 0 saturated heterocycles. The van der Waals surface area contributed by atoms with Gasteiger partial charge in [0, 0.05) is 29.7 Å². The van der Waals surface area contributed by atoms with E-state index in [2.05, 4.69) is 9.97 Å². The van der Waals surface area contributed by atoms with Gasteiger partial charge in [-0.25, -0.2) is 4.98 Å². The zero-order valence-electron chi connectivity index (χ0n) is 12.3. The molecule has 0 atom stereocenters. The topological polar surface area (TPSA) is 86.2 Å². The van der Waals surface area contributed by atoms with Gasteiger partial charge in [0.15, 0.2) is 5.82 Å². The number of aryl methyl sites for hydroxylation is 1. The Morgan fingerprint density at radius 1 is 1.27 bits per heavy atom. The Bertz CT molecular complexity index is 813. The lowest BCUT2D eigenvalue weighted by molar-refractivity contribution is 0.195. The van der Waals surface area contributed by atoms with Crippen LogP contribution in [0, 0.1) is 6.92 Å². The van der Waals surface area contributed by atoms with Crippen molar-refractivity contribution in [2.24, 2.45) is 0 Å². The van der Waals surface area contributed by atoms with Crippen LogP contribution in [0.2, 0.25) is 0 Å². The zero-order chi connectivity index (χ0) is 15.7. The molecule has 0 aliphatic carbocycles. The molecule has 0 radical (unpaired) electrons. The molecule has 0 fully saturated rings. The predicted octanol–water partition coefficient (Wildman–Crippen LogP) is 2.75. The van der Waals surface area contributed by atoms with Crippen LogP contribution in [0.4, 0.5) is 5.69 Å². The van der Waals surface area contributed by atoms with E-state index in [0.29, 0.717) is 34.2 Å². The highest BCUT2D eigenvalue weighted by atomic mass is 16.5. The van der Waals surface area contributed by atoms with E-state index in [1.165, 1.54) is 0 Å². The summed E-state index contributed by atoms with van der Waals surface area (Å²) in [6, 6.07) is 8.89. The largest absolute Gasteiger partial charge is 0.496 e. The molecule has 6 nitrogen and oxygen atoms in total. The smallest absolute Gasteiger partial charge is 0.180 e. The summed E-state index contributed by atoms with van der Waals surface area (Å²) in [5.74, 6) is 0.950. The van der Waals surface area contributed by atoms with Crippen molar-refractivity contribution >= 4 is 5.69 Å². The Hall–Kier alpha value is -3.02. The monoisotopic (exact) mass is 296 g/mol. The Morgan fingerprint density at radius 3 is 2.77 bits per heavy atom. The molecule has 0 aliphatic rings. The van der Waals surface area contributed by atoms with Gasteiger partial charge in [-0.3, -0.25) is 4.98 Å². The highest BCUT2D eigenvalue weighted by Gasteiger charge is 2.19. The Morgan fingerprint density at radius 2 is 2.09 bits per heavy atom. The fraction of sp³-hybridized carbons (Fsp3) is 0.125. The number of nitrogens with two attached hydrogens (primary N) is 1. The first-order valence-electron chi connectivity index (χ1n) is 6.74. The molecule has 1 aromatic carbocycles. The molecule has 3 aromatic rings. The third-order valence-corrected chi connectivity index (χ3v) is 3.43. The lowest BCUT2D eigenvalue weighted by atomic mass is 10.1. The first-order valence-corrected chi connectivity index (χ1v) is 6.74. The summed E-state index contributed by atoms with van der Waals surface area (Å²) >= 11 is 0. The Kier molecular flexibility index (Phi) is 3.42. The van der Waals surface area contributed by atoms with Gasteiger partial charge in [-0.2, -0.15) is 4.73 Å². The number of anilines is 1. The second-order valence-electron chi connectivity index (χ2n) is 4.88. The van der Waals surface area contributed by atoms with E-state index < -0.39 is 0 Å². The normalized spacial score (nSPS) is 10.6. The number of methoxy groups -OCH3 is 1. The van der Waals surface area contributed by atoms with Crippen LogP contribution in [-0.4, -0.2) is 27.0 Å². The van der Waals surface area contributed by atoms with Crippen molar-refractivity contribution in [2.45, 2.75) is 6.92 Å². The van der Waals surface area contributed by atoms with Crippen LogP contribution in [-0.2, 0) is 0 Å². The summed E-state index contributed by atoms with van der Waals surface area (Å²) < 4.78 is 6.39. The molecule has 0 aliphatic heterocycles. The van der Waals surface area contributed by atoms with E-state index in [1.807, 2.05) is 19.1 Å². The minimum absolute atomic E-state index is 0.396. The minimum atomic E-state index is 0.396. The van der Waals surface area contributed by atoms with Gasteiger partial charge in [0.2, 0.25) is 0 Å². The summed E-state index contributed by atoms with van der Waals surface area (Å²) in [4.78, 5) is 8.54. The molecule has 0 amide bonds. The summed E-state index contributed by atoms with van der Waals surface area (Å²) in [7, 11) is 1.55. The third kappa shape index (κ3) is 2.24. The molecule has 0 spiro atoms. The average Bonchev–Trinajstić information content (AvgIpc) is 2.82. The Labute approximate surface area is 127 Å². The van der Waals surface area contributed by atoms with Gasteiger partial charge in [-0.15, -0.1) is 0 Å². The van der Waals surface area contributed by atoms with E-state index >= 15 is 0 Å². The van der Waals surface area contributed by atoms with Crippen molar-refractivity contribution < 1.29 is 9.94 Å². The van der Waals surface area contributed by atoms with Gasteiger partial charge in [0.25, 0.3) is 0 Å². The summed E-state index contributed by atoms with van der Waals surface area (Å²) in [6.45, 7) is 1.84. The van der Waals surface area contributed by atoms with Gasteiger partial charge in [-0.1, -0.05) is 0 Å². The SMILES string of the molecule is COc1cc(N)ccc1-c1nc(C)c(-c2cccnc2)n1O. The third-order valence-electron chi connectivity index (χ3n) is 3.43. The molecule has 2 aromatic heterocycles. The fourth-order valence-corrected chi connectivity index (χ4v) is 2.42. The average molecular weight is 296 g/mol. The number of rotatable bonds is 3. The quantitative estimate of drug-likeness (QED) is 0.573. The molecule has 6 heteroatoms. The molecule has 0 unspecified atom stereocenters. The first kappa shape index (κ1) is 13.9. The molecular weight excluding hydrogens is 280 g/mol. The number of nitrogen functional groups attached to an aromatic ring is 1. The van der Waals surface area contributed by atoms with Gasteiger partial charge in [-0.05, 0) is 31.2 Å². The minimum Gasteiger partial charge on any atom is -0.496 e. The number of imidazole rings is 1. The highest BCUT2D eigenvalue weighted by Crippen LogP contribution is 2.34. The Balaban J connectivity index is 2.19. The lowest BCUT2D eigenvalue weighted by Crippen LogP contribution is -1.99. The summed E-state index contributed by atoms with van der Waals surface area (Å²) in [6.07, 6.45) is 3.36. The number of ether oxygens (including phenoxy) is 1. The van der Waals surface area contributed by atoms with Crippen LogP contribution in [0.5, 0.6) is 5.75 Å². The van der Waals surface area contributed by atoms with E-state index in [4.69, 9.17) is 10.5 Å². The number of hydrogen-bond acceptors (Lipinski definition) is 5.